The molecule has 0 N–H and O–H groups in total. The van der Waals surface area contributed by atoms with Crippen LogP contribution >= 0.6 is 0 Å². The summed E-state index contributed by atoms with van der Waals surface area (Å²) in [6, 6.07) is 2.00. The average Bonchev–Trinajstić information content (AvgIpc) is 2.14. The van der Waals surface area contributed by atoms with E-state index in [0.29, 0.717) is 6.07 Å². The van der Waals surface area contributed by atoms with Gasteiger partial charge in [0, 0.05) is 11.6 Å². The van der Waals surface area contributed by atoms with Crippen molar-refractivity contribution in [1.82, 2.24) is 0 Å². The first kappa shape index (κ1) is 14.8. The summed E-state index contributed by atoms with van der Waals surface area (Å²) in [4.78, 5) is 0. The van der Waals surface area contributed by atoms with Gasteiger partial charge in [0.05, 0.1) is 0 Å². The van der Waals surface area contributed by atoms with Crippen LogP contribution in [-0.4, -0.2) is 13.9 Å². The second kappa shape index (κ2) is 4.81. The number of rotatable bonds is 3. The van der Waals surface area contributed by atoms with E-state index in [2.05, 4.69) is 4.18 Å². The molecule has 0 saturated heterocycles. The Hall–Kier alpha value is -1.22. The van der Waals surface area contributed by atoms with Gasteiger partial charge in [-0.1, -0.05) is 6.07 Å². The van der Waals surface area contributed by atoms with E-state index in [9.17, 15) is 30.4 Å². The summed E-state index contributed by atoms with van der Waals surface area (Å²) >= 11 is 0. The third kappa shape index (κ3) is 3.16. The summed E-state index contributed by atoms with van der Waals surface area (Å²) in [5.41, 5.74) is -6.10. The number of benzene rings is 1. The van der Waals surface area contributed by atoms with Crippen molar-refractivity contribution < 1.29 is 34.6 Å². The maximum absolute atomic E-state index is 13.2. The molecule has 1 atom stereocenters. The minimum Gasteiger partial charge on any atom is -0.255 e. The van der Waals surface area contributed by atoms with Crippen molar-refractivity contribution in [1.29, 1.82) is 0 Å². The van der Waals surface area contributed by atoms with Crippen molar-refractivity contribution in [2.45, 2.75) is 18.5 Å². The largest absolute Gasteiger partial charge is 0.523 e. The van der Waals surface area contributed by atoms with Gasteiger partial charge in [-0.05, 0) is 13.0 Å². The zero-order valence-corrected chi connectivity index (χ0v) is 9.65. The van der Waals surface area contributed by atoms with E-state index in [1.807, 2.05) is 0 Å². The molecule has 0 aliphatic carbocycles. The third-order valence-corrected chi connectivity index (χ3v) is 3.06. The zero-order valence-electron chi connectivity index (χ0n) is 8.83. The van der Waals surface area contributed by atoms with Crippen LogP contribution in [0.25, 0.3) is 0 Å². The first-order valence-corrected chi connectivity index (χ1v) is 5.90. The van der Waals surface area contributed by atoms with Gasteiger partial charge in [-0.15, -0.1) is 0 Å². The summed E-state index contributed by atoms with van der Waals surface area (Å²) < 4.78 is 86.9. The summed E-state index contributed by atoms with van der Waals surface area (Å²) in [5.74, 6) is -2.14. The summed E-state index contributed by atoms with van der Waals surface area (Å²) in [7, 11) is -5.83. The fourth-order valence-electron chi connectivity index (χ4n) is 1.13. The molecule has 1 aromatic rings. The molecule has 0 aliphatic heterocycles. The van der Waals surface area contributed by atoms with Crippen molar-refractivity contribution in [3.63, 3.8) is 0 Å². The van der Waals surface area contributed by atoms with Crippen molar-refractivity contribution in [2.24, 2.45) is 0 Å². The molecule has 0 saturated carbocycles. The van der Waals surface area contributed by atoms with Gasteiger partial charge in [0.15, 0.2) is 0 Å². The Bertz CT molecular complexity index is 538. The number of alkyl halides is 3. The second-order valence-electron chi connectivity index (χ2n) is 3.30. The summed E-state index contributed by atoms with van der Waals surface area (Å²) in [6.45, 7) is 0.902. The second-order valence-corrected chi connectivity index (χ2v) is 4.87. The normalized spacial score (nSPS) is 14.6. The molecule has 9 heteroatoms. The number of hydrogen-bond acceptors (Lipinski definition) is 3. The lowest BCUT2D eigenvalue weighted by Gasteiger charge is -2.15. The van der Waals surface area contributed by atoms with Crippen LogP contribution in [0.1, 0.15) is 18.6 Å². The molecule has 102 valence electrons. The highest BCUT2D eigenvalue weighted by Gasteiger charge is 2.48. The lowest BCUT2D eigenvalue weighted by atomic mass is 10.1. The average molecular weight is 290 g/mol. The third-order valence-electron chi connectivity index (χ3n) is 1.95. The predicted octanol–water partition coefficient (Wildman–Crippen LogP) is 2.89. The van der Waals surface area contributed by atoms with Gasteiger partial charge in [0.1, 0.15) is 17.7 Å². The molecule has 0 bridgehead atoms. The highest BCUT2D eigenvalue weighted by atomic mass is 32.2. The van der Waals surface area contributed by atoms with Gasteiger partial charge in [-0.25, -0.2) is 8.78 Å². The topological polar surface area (TPSA) is 43.4 Å². The Morgan fingerprint density at radius 1 is 1.22 bits per heavy atom. The molecule has 1 unspecified atom stereocenters. The quantitative estimate of drug-likeness (QED) is 0.488. The number of hydrogen-bond donors (Lipinski definition) is 0. The van der Waals surface area contributed by atoms with Crippen LogP contribution in [0.5, 0.6) is 0 Å². The van der Waals surface area contributed by atoms with Crippen LogP contribution in [0.2, 0.25) is 0 Å². The number of halogens is 5. The molecule has 0 aliphatic rings. The van der Waals surface area contributed by atoms with Gasteiger partial charge in [-0.3, -0.25) is 4.18 Å². The zero-order chi connectivity index (χ0) is 14.1. The summed E-state index contributed by atoms with van der Waals surface area (Å²) in [6.07, 6.45) is -1.72. The van der Waals surface area contributed by atoms with Crippen LogP contribution in [0.4, 0.5) is 22.0 Å². The van der Waals surface area contributed by atoms with Gasteiger partial charge in [-0.2, -0.15) is 21.6 Å². The van der Waals surface area contributed by atoms with Crippen molar-refractivity contribution in [2.75, 3.05) is 0 Å². The predicted molar refractivity (Wildman–Crippen MR) is 50.8 cm³/mol. The van der Waals surface area contributed by atoms with Crippen LogP contribution in [0, 0.1) is 11.6 Å². The smallest absolute Gasteiger partial charge is 0.255 e. The molecule has 18 heavy (non-hydrogen) atoms. The van der Waals surface area contributed by atoms with Crippen molar-refractivity contribution >= 4 is 10.1 Å². The van der Waals surface area contributed by atoms with Gasteiger partial charge < -0.3 is 0 Å². The van der Waals surface area contributed by atoms with Crippen molar-refractivity contribution in [3.05, 3.63) is 35.4 Å². The van der Waals surface area contributed by atoms with E-state index < -0.39 is 38.9 Å². The van der Waals surface area contributed by atoms with Crippen LogP contribution in [0.3, 0.4) is 0 Å². The van der Waals surface area contributed by atoms with E-state index >= 15 is 0 Å². The Labute approximate surface area is 99.3 Å². The lowest BCUT2D eigenvalue weighted by molar-refractivity contribution is -0.0570. The molecular formula is C9H7F5O3S. The molecule has 3 nitrogen and oxygen atoms in total. The van der Waals surface area contributed by atoms with E-state index in [4.69, 9.17) is 0 Å². The first-order chi connectivity index (χ1) is 8.04. The van der Waals surface area contributed by atoms with Crippen LogP contribution in [-0.2, 0) is 14.3 Å². The fraction of sp³-hybridized carbons (Fsp3) is 0.333. The molecule has 1 aromatic carbocycles. The van der Waals surface area contributed by atoms with Crippen molar-refractivity contribution in [3.8, 4) is 0 Å². The van der Waals surface area contributed by atoms with Crippen LogP contribution < -0.4 is 0 Å². The minimum absolute atomic E-state index is 0.412. The molecule has 0 spiro atoms. The minimum atomic E-state index is -5.83. The molecule has 0 amide bonds. The highest BCUT2D eigenvalue weighted by molar-refractivity contribution is 7.87. The van der Waals surface area contributed by atoms with Gasteiger partial charge >= 0.3 is 15.6 Å². The monoisotopic (exact) mass is 290 g/mol. The Morgan fingerprint density at radius 2 is 1.78 bits per heavy atom. The molecule has 0 heterocycles. The lowest BCUT2D eigenvalue weighted by Crippen LogP contribution is -2.26. The molecule has 0 aromatic heterocycles. The van der Waals surface area contributed by atoms with E-state index in [1.165, 1.54) is 0 Å². The summed E-state index contributed by atoms with van der Waals surface area (Å²) in [5, 5.41) is 0. The van der Waals surface area contributed by atoms with Gasteiger partial charge in [0.2, 0.25) is 0 Å². The first-order valence-electron chi connectivity index (χ1n) is 4.49. The van der Waals surface area contributed by atoms with Gasteiger partial charge in [0.25, 0.3) is 0 Å². The van der Waals surface area contributed by atoms with E-state index in [-0.39, 0.29) is 0 Å². The fourth-order valence-corrected chi connectivity index (χ4v) is 1.72. The Kier molecular flexibility index (Phi) is 3.96. The molecule has 1 rings (SSSR count). The Balaban J connectivity index is 3.00. The molecular weight excluding hydrogens is 283 g/mol. The molecule has 0 fully saturated rings. The highest BCUT2D eigenvalue weighted by Crippen LogP contribution is 2.30. The Morgan fingerprint density at radius 3 is 2.22 bits per heavy atom. The van der Waals surface area contributed by atoms with E-state index in [1.54, 1.807) is 0 Å². The van der Waals surface area contributed by atoms with Crippen LogP contribution in [0.15, 0.2) is 18.2 Å². The maximum Gasteiger partial charge on any atom is 0.523 e. The SMILES string of the molecule is CC(OS(=O)(=O)C(F)(F)F)c1ccc(F)cc1F. The standard InChI is InChI=1S/C9H7F5O3S/c1-5(17-18(15,16)9(12,13)14)7-3-2-6(10)4-8(7)11/h2-5H,1H3. The van der Waals surface area contributed by atoms with E-state index in [0.717, 1.165) is 19.1 Å². The maximum atomic E-state index is 13.2. The molecule has 0 radical (unpaired) electrons.